The Balaban J connectivity index is 0.00000543. The van der Waals surface area contributed by atoms with E-state index in [9.17, 15) is 0 Å². The summed E-state index contributed by atoms with van der Waals surface area (Å²) in [5.74, 6) is 2.51. The van der Waals surface area contributed by atoms with E-state index in [1.54, 1.807) is 0 Å². The third kappa shape index (κ3) is 7.59. The summed E-state index contributed by atoms with van der Waals surface area (Å²) in [5, 5.41) is 10.4. The molecular weight excluding hydrogens is 1080 g/mol. The maximum absolute atomic E-state index is 7.80. The van der Waals surface area contributed by atoms with Crippen LogP contribution in [0.3, 0.4) is 0 Å². The van der Waals surface area contributed by atoms with E-state index in [-0.39, 0.29) is 31.9 Å². The van der Waals surface area contributed by atoms with Crippen LogP contribution in [0.25, 0.3) is 115 Å². The smallest absolute Gasteiger partial charge is 0.503 e. The van der Waals surface area contributed by atoms with E-state index in [2.05, 4.69) is 195 Å². The number of rotatable bonds is 6. The standard InChI is InChI=1S/C65H47N5O2.Pt/c1-64(2,3)41-27-28-67-61(32-41)70-57-20-14-13-19-48(57)49-25-23-43(36-59(49)70)71-44-34-54-53-37-51-46-18-12-11-17-45(46)50-33-42(66-7)22-24-47(50)52(51)38-60(53)72-62(54)55(35-44)63-68-29-30-69(63)58-26-21-40(31-56(58)65(4,5)6)39-15-9-8-10-16-39;/h8-34,37-38H,1-6H3;/q-2;+2. The second kappa shape index (κ2) is 17.2. The summed E-state index contributed by atoms with van der Waals surface area (Å²) in [6.45, 7) is 21.2. The summed E-state index contributed by atoms with van der Waals surface area (Å²) in [6.07, 6.45) is 5.75. The molecule has 0 radical (unpaired) electrons. The van der Waals surface area contributed by atoms with Crippen LogP contribution in [0.2, 0.25) is 0 Å². The van der Waals surface area contributed by atoms with Crippen molar-refractivity contribution >= 4 is 81.7 Å². The molecule has 0 unspecified atom stereocenters. The Bertz CT molecular complexity index is 4410. The molecule has 13 rings (SSSR count). The van der Waals surface area contributed by atoms with Gasteiger partial charge in [0.1, 0.15) is 11.4 Å². The number of para-hydroxylation sites is 1. The molecule has 0 fully saturated rings. The molecule has 73 heavy (non-hydrogen) atoms. The summed E-state index contributed by atoms with van der Waals surface area (Å²) in [5.41, 5.74) is 9.93. The van der Waals surface area contributed by atoms with E-state index in [1.165, 1.54) is 11.1 Å². The number of benzene rings is 9. The van der Waals surface area contributed by atoms with Crippen molar-refractivity contribution < 1.29 is 30.2 Å². The molecule has 354 valence electrons. The topological polar surface area (TPSA) is 62.4 Å². The molecule has 0 N–H and O–H groups in total. The number of pyridine rings is 1. The number of hydrogen-bond donors (Lipinski definition) is 0. The van der Waals surface area contributed by atoms with Crippen LogP contribution in [0.4, 0.5) is 5.69 Å². The molecule has 0 aliphatic carbocycles. The maximum Gasteiger partial charge on any atom is 2.00 e. The Kier molecular flexibility index (Phi) is 10.8. The van der Waals surface area contributed by atoms with Crippen LogP contribution in [0.15, 0.2) is 181 Å². The quantitative estimate of drug-likeness (QED) is 0.123. The van der Waals surface area contributed by atoms with Gasteiger partial charge in [-0.2, -0.15) is 6.07 Å². The molecule has 0 amide bonds. The molecule has 0 bridgehead atoms. The van der Waals surface area contributed by atoms with Crippen molar-refractivity contribution in [3.8, 4) is 45.5 Å². The molecule has 13 aromatic rings. The van der Waals surface area contributed by atoms with E-state index in [1.807, 2.05) is 48.9 Å². The zero-order chi connectivity index (χ0) is 49.0. The van der Waals surface area contributed by atoms with Crippen molar-refractivity contribution in [1.29, 1.82) is 0 Å². The van der Waals surface area contributed by atoms with Gasteiger partial charge in [-0.3, -0.25) is 4.98 Å². The number of aromatic nitrogens is 4. The number of nitrogens with zero attached hydrogens (tertiary/aromatic N) is 5. The van der Waals surface area contributed by atoms with E-state index >= 15 is 0 Å². The minimum Gasteiger partial charge on any atom is -0.503 e. The number of hydrogen-bond acceptors (Lipinski definition) is 4. The predicted molar refractivity (Wildman–Crippen MR) is 294 cm³/mol. The van der Waals surface area contributed by atoms with E-state index in [0.29, 0.717) is 34.2 Å². The Morgan fingerprint density at radius 1 is 0.562 bits per heavy atom. The fourth-order valence-corrected chi connectivity index (χ4v) is 10.6. The van der Waals surface area contributed by atoms with Crippen LogP contribution in [0, 0.1) is 18.7 Å². The first-order valence-electron chi connectivity index (χ1n) is 24.3. The summed E-state index contributed by atoms with van der Waals surface area (Å²) >= 11 is 0. The van der Waals surface area contributed by atoms with Gasteiger partial charge in [0, 0.05) is 46.7 Å². The number of ether oxygens (including phenoxy) is 1. The van der Waals surface area contributed by atoms with E-state index in [0.717, 1.165) is 93.1 Å². The minimum atomic E-state index is -0.216. The van der Waals surface area contributed by atoms with Gasteiger partial charge in [-0.15, -0.1) is 17.5 Å². The van der Waals surface area contributed by atoms with Crippen LogP contribution in [-0.4, -0.2) is 19.1 Å². The first kappa shape index (κ1) is 45.8. The van der Waals surface area contributed by atoms with E-state index in [4.69, 9.17) is 25.7 Å². The Hall–Kier alpha value is -8.30. The Labute approximate surface area is 437 Å². The predicted octanol–water partition coefficient (Wildman–Crippen LogP) is 17.6. The molecule has 0 aliphatic rings. The fourth-order valence-electron chi connectivity index (χ4n) is 10.6. The molecule has 4 aromatic heterocycles. The summed E-state index contributed by atoms with van der Waals surface area (Å²) in [4.78, 5) is 13.8. The van der Waals surface area contributed by atoms with Gasteiger partial charge in [0.25, 0.3) is 0 Å². The second-order valence-electron chi connectivity index (χ2n) is 20.8. The largest absolute Gasteiger partial charge is 2.00 e. The van der Waals surface area contributed by atoms with Crippen molar-refractivity contribution in [2.45, 2.75) is 52.4 Å². The zero-order valence-electron chi connectivity index (χ0n) is 41.1. The molecule has 0 spiro atoms. The molecule has 0 saturated heterocycles. The summed E-state index contributed by atoms with van der Waals surface area (Å²) in [7, 11) is 0. The maximum atomic E-state index is 7.80. The van der Waals surface area contributed by atoms with Crippen LogP contribution in [0.5, 0.6) is 11.5 Å². The van der Waals surface area contributed by atoms with E-state index < -0.39 is 0 Å². The normalized spacial score (nSPS) is 12.1. The third-order valence-electron chi connectivity index (χ3n) is 14.2. The molecular formula is C65H47N5O2Pt. The van der Waals surface area contributed by atoms with Crippen molar-refractivity contribution in [2.24, 2.45) is 0 Å². The SMILES string of the molecule is [C-]#[N+]c1ccc2c(c1)c1ccccc1c1cc3c(cc21)oc1c(-c2nccn2-c2ccc(-c4ccccc4)cc2C(C)(C)C)[c-]c(Oc2[c-]c4c(cc2)c2ccccc2n4-c2cc(C(C)(C)C)ccn2)cc13.[Pt+2]. The van der Waals surface area contributed by atoms with Crippen LogP contribution in [0.1, 0.15) is 52.7 Å². The molecule has 9 aromatic carbocycles. The van der Waals surface area contributed by atoms with Crippen LogP contribution < -0.4 is 4.74 Å². The van der Waals surface area contributed by atoms with Crippen LogP contribution >= 0.6 is 0 Å². The molecule has 0 atom stereocenters. The summed E-state index contributed by atoms with van der Waals surface area (Å²) < 4.78 is 18.4. The number of fused-ring (bicyclic) bond motifs is 12. The molecule has 0 aliphatic heterocycles. The van der Waals surface area contributed by atoms with Crippen LogP contribution in [-0.2, 0) is 31.9 Å². The van der Waals surface area contributed by atoms with Gasteiger partial charge >= 0.3 is 21.1 Å². The fraction of sp³-hybridized carbons (Fsp3) is 0.123. The number of imidazole rings is 1. The molecule has 4 heterocycles. The van der Waals surface area contributed by atoms with Gasteiger partial charge in [-0.05, 0) is 119 Å². The molecule has 0 saturated carbocycles. The number of furan rings is 1. The van der Waals surface area contributed by atoms with Gasteiger partial charge in [0.05, 0.1) is 18.0 Å². The minimum absolute atomic E-state index is 0. The monoisotopic (exact) mass is 1120 g/mol. The Morgan fingerprint density at radius 3 is 2.04 bits per heavy atom. The second-order valence-corrected chi connectivity index (χ2v) is 20.8. The molecule has 7 nitrogen and oxygen atoms in total. The average molecular weight is 1130 g/mol. The first-order valence-corrected chi connectivity index (χ1v) is 24.3. The average Bonchev–Trinajstić information content (AvgIpc) is 4.12. The van der Waals surface area contributed by atoms with Gasteiger partial charge in [-0.25, -0.2) is 9.83 Å². The van der Waals surface area contributed by atoms with Crippen molar-refractivity contribution in [2.75, 3.05) is 0 Å². The zero-order valence-corrected chi connectivity index (χ0v) is 43.4. The first-order chi connectivity index (χ1) is 34.9. The third-order valence-corrected chi connectivity index (χ3v) is 14.2. The van der Waals surface area contributed by atoms with Crippen molar-refractivity contribution in [1.82, 2.24) is 19.1 Å². The van der Waals surface area contributed by atoms with Gasteiger partial charge < -0.3 is 18.3 Å². The van der Waals surface area contributed by atoms with Crippen molar-refractivity contribution in [3.05, 3.63) is 211 Å². The van der Waals surface area contributed by atoms with Gasteiger partial charge in [0.2, 0.25) is 0 Å². The van der Waals surface area contributed by atoms with Gasteiger partial charge in [0.15, 0.2) is 5.69 Å². The van der Waals surface area contributed by atoms with Crippen molar-refractivity contribution in [3.63, 3.8) is 0 Å². The summed E-state index contributed by atoms with van der Waals surface area (Å²) in [6, 6.07) is 62.2. The molecule has 8 heteroatoms. The van der Waals surface area contributed by atoms with Gasteiger partial charge in [-0.1, -0.05) is 161 Å². The Morgan fingerprint density at radius 2 is 1.27 bits per heavy atom.